The summed E-state index contributed by atoms with van der Waals surface area (Å²) in [7, 11) is 1.95. The van der Waals surface area contributed by atoms with Crippen LogP contribution in [0.3, 0.4) is 0 Å². The van der Waals surface area contributed by atoms with Crippen LogP contribution in [0, 0.1) is 6.92 Å². The molecule has 0 saturated carbocycles. The van der Waals surface area contributed by atoms with Gasteiger partial charge in [-0.15, -0.1) is 0 Å². The average molecular weight is 153 g/mol. The molecule has 1 heterocycles. The Labute approximate surface area is 67.6 Å². The predicted octanol–water partition coefficient (Wildman–Crippen LogP) is 2.26. The summed E-state index contributed by atoms with van der Waals surface area (Å²) in [5.41, 5.74) is 0. The molecule has 1 rings (SSSR count). The molecule has 1 aromatic heterocycles. The van der Waals surface area contributed by atoms with Gasteiger partial charge in [0, 0.05) is 0 Å². The molecule has 0 aliphatic carbocycles. The Morgan fingerprint density at radius 3 is 2.64 bits per heavy atom. The minimum Gasteiger partial charge on any atom is -0.465 e. The molecule has 0 aliphatic heterocycles. The summed E-state index contributed by atoms with van der Waals surface area (Å²) in [6.45, 7) is 4.10. The van der Waals surface area contributed by atoms with Crippen molar-refractivity contribution >= 4 is 0 Å². The van der Waals surface area contributed by atoms with E-state index >= 15 is 0 Å². The molecule has 2 heteroatoms. The Hall–Kier alpha value is -0.760. The lowest BCUT2D eigenvalue weighted by Crippen LogP contribution is -2.14. The van der Waals surface area contributed by atoms with E-state index in [9.17, 15) is 0 Å². The van der Waals surface area contributed by atoms with Gasteiger partial charge < -0.3 is 9.73 Å². The zero-order valence-electron chi connectivity index (χ0n) is 7.35. The number of hydrogen-bond donors (Lipinski definition) is 1. The summed E-state index contributed by atoms with van der Waals surface area (Å²) in [4.78, 5) is 0. The second kappa shape index (κ2) is 3.58. The van der Waals surface area contributed by atoms with E-state index in [-0.39, 0.29) is 0 Å². The van der Waals surface area contributed by atoms with E-state index in [1.54, 1.807) is 0 Å². The highest BCUT2D eigenvalue weighted by atomic mass is 16.3. The van der Waals surface area contributed by atoms with Gasteiger partial charge in [-0.25, -0.2) is 0 Å². The maximum atomic E-state index is 5.46. The van der Waals surface area contributed by atoms with E-state index in [1.165, 1.54) is 0 Å². The molecule has 0 aromatic carbocycles. The van der Waals surface area contributed by atoms with E-state index in [0.29, 0.717) is 6.04 Å². The molecule has 0 spiro atoms. The number of furan rings is 1. The van der Waals surface area contributed by atoms with Crippen LogP contribution in [0.1, 0.15) is 30.9 Å². The maximum Gasteiger partial charge on any atom is 0.121 e. The van der Waals surface area contributed by atoms with E-state index < -0.39 is 0 Å². The third-order valence-electron chi connectivity index (χ3n) is 1.86. The lowest BCUT2D eigenvalue weighted by Gasteiger charge is -2.09. The van der Waals surface area contributed by atoms with Gasteiger partial charge in [-0.2, -0.15) is 0 Å². The average Bonchev–Trinajstić information content (AvgIpc) is 2.39. The molecule has 1 N–H and O–H groups in total. The van der Waals surface area contributed by atoms with Crippen molar-refractivity contribution in [3.63, 3.8) is 0 Å². The Bertz CT molecular complexity index is 213. The summed E-state index contributed by atoms with van der Waals surface area (Å²) < 4.78 is 5.46. The van der Waals surface area contributed by atoms with Crippen LogP contribution in [0.4, 0.5) is 0 Å². The molecular weight excluding hydrogens is 138 g/mol. The quantitative estimate of drug-likeness (QED) is 0.720. The van der Waals surface area contributed by atoms with E-state index in [4.69, 9.17) is 4.42 Å². The van der Waals surface area contributed by atoms with Gasteiger partial charge in [0.2, 0.25) is 0 Å². The molecule has 0 aliphatic rings. The van der Waals surface area contributed by atoms with Gasteiger partial charge in [-0.05, 0) is 32.5 Å². The van der Waals surface area contributed by atoms with Gasteiger partial charge in [-0.1, -0.05) is 6.92 Å². The fourth-order valence-electron chi connectivity index (χ4n) is 1.19. The fraction of sp³-hybridized carbons (Fsp3) is 0.556. The van der Waals surface area contributed by atoms with Crippen molar-refractivity contribution in [1.82, 2.24) is 5.32 Å². The molecule has 1 atom stereocenters. The SMILES string of the molecule is CC[C@@H](NC)c1ccc(C)o1. The van der Waals surface area contributed by atoms with Crippen LogP contribution in [0.5, 0.6) is 0 Å². The first-order valence-corrected chi connectivity index (χ1v) is 4.01. The monoisotopic (exact) mass is 153 g/mol. The Morgan fingerprint density at radius 2 is 2.27 bits per heavy atom. The third kappa shape index (κ3) is 1.84. The lowest BCUT2D eigenvalue weighted by molar-refractivity contribution is 0.410. The predicted molar refractivity (Wildman–Crippen MR) is 45.5 cm³/mol. The summed E-state index contributed by atoms with van der Waals surface area (Å²) in [6.07, 6.45) is 1.06. The standard InChI is InChI=1S/C9H15NO/c1-4-8(10-3)9-6-5-7(2)11-9/h5-6,8,10H,4H2,1-3H3/t8-/m1/s1. The summed E-state index contributed by atoms with van der Waals surface area (Å²) in [5.74, 6) is 2.02. The molecule has 0 saturated heterocycles. The lowest BCUT2D eigenvalue weighted by atomic mass is 10.2. The van der Waals surface area contributed by atoms with Gasteiger partial charge in [0.1, 0.15) is 11.5 Å². The van der Waals surface area contributed by atoms with Gasteiger partial charge in [0.25, 0.3) is 0 Å². The van der Waals surface area contributed by atoms with Crippen LogP contribution < -0.4 is 5.32 Å². The van der Waals surface area contributed by atoms with Crippen LogP contribution >= 0.6 is 0 Å². The third-order valence-corrected chi connectivity index (χ3v) is 1.86. The molecule has 2 nitrogen and oxygen atoms in total. The highest BCUT2D eigenvalue weighted by molar-refractivity contribution is 5.09. The molecule has 0 fully saturated rings. The molecular formula is C9H15NO. The molecule has 0 bridgehead atoms. The number of hydrogen-bond acceptors (Lipinski definition) is 2. The van der Waals surface area contributed by atoms with Gasteiger partial charge >= 0.3 is 0 Å². The topological polar surface area (TPSA) is 25.2 Å². The van der Waals surface area contributed by atoms with Gasteiger partial charge in [0.15, 0.2) is 0 Å². The van der Waals surface area contributed by atoms with Gasteiger partial charge in [0.05, 0.1) is 6.04 Å². The van der Waals surface area contributed by atoms with Crippen LogP contribution in [0.15, 0.2) is 16.5 Å². The summed E-state index contributed by atoms with van der Waals surface area (Å²) in [5, 5.41) is 3.19. The molecule has 1 aromatic rings. The minimum absolute atomic E-state index is 0.365. The zero-order chi connectivity index (χ0) is 8.27. The van der Waals surface area contributed by atoms with Gasteiger partial charge in [-0.3, -0.25) is 0 Å². The van der Waals surface area contributed by atoms with Crippen molar-refractivity contribution in [3.8, 4) is 0 Å². The fourth-order valence-corrected chi connectivity index (χ4v) is 1.19. The van der Waals surface area contributed by atoms with Crippen LogP contribution in [-0.2, 0) is 0 Å². The number of nitrogens with one attached hydrogen (secondary N) is 1. The number of rotatable bonds is 3. The highest BCUT2D eigenvalue weighted by Crippen LogP contribution is 2.17. The second-order valence-electron chi connectivity index (χ2n) is 2.70. The van der Waals surface area contributed by atoms with Crippen molar-refractivity contribution in [2.75, 3.05) is 7.05 Å². The first kappa shape index (κ1) is 8.34. The van der Waals surface area contributed by atoms with Crippen molar-refractivity contribution in [3.05, 3.63) is 23.7 Å². The first-order chi connectivity index (χ1) is 5.27. The molecule has 0 unspecified atom stereocenters. The summed E-state index contributed by atoms with van der Waals surface area (Å²) >= 11 is 0. The Kier molecular flexibility index (Phi) is 2.71. The van der Waals surface area contributed by atoms with E-state index in [1.807, 2.05) is 26.1 Å². The van der Waals surface area contributed by atoms with Crippen molar-refractivity contribution in [2.24, 2.45) is 0 Å². The maximum absolute atomic E-state index is 5.46. The smallest absolute Gasteiger partial charge is 0.121 e. The van der Waals surface area contributed by atoms with Crippen LogP contribution in [0.2, 0.25) is 0 Å². The molecule has 62 valence electrons. The zero-order valence-corrected chi connectivity index (χ0v) is 7.35. The van der Waals surface area contributed by atoms with Crippen LogP contribution in [0.25, 0.3) is 0 Å². The molecule has 11 heavy (non-hydrogen) atoms. The Morgan fingerprint density at radius 1 is 1.55 bits per heavy atom. The highest BCUT2D eigenvalue weighted by Gasteiger charge is 2.09. The van der Waals surface area contributed by atoms with Crippen LogP contribution in [-0.4, -0.2) is 7.05 Å². The van der Waals surface area contributed by atoms with E-state index in [2.05, 4.69) is 12.2 Å². The van der Waals surface area contributed by atoms with Crippen molar-refractivity contribution in [1.29, 1.82) is 0 Å². The molecule has 0 amide bonds. The van der Waals surface area contributed by atoms with E-state index in [0.717, 1.165) is 17.9 Å². The summed E-state index contributed by atoms with van der Waals surface area (Å²) in [6, 6.07) is 4.39. The second-order valence-corrected chi connectivity index (χ2v) is 2.70. The van der Waals surface area contributed by atoms with Crippen molar-refractivity contribution < 1.29 is 4.42 Å². The Balaban J connectivity index is 2.73. The normalized spacial score (nSPS) is 13.4. The number of aryl methyl sites for hydroxylation is 1. The largest absolute Gasteiger partial charge is 0.465 e. The van der Waals surface area contributed by atoms with Crippen molar-refractivity contribution in [2.45, 2.75) is 26.3 Å². The minimum atomic E-state index is 0.365. The molecule has 0 radical (unpaired) electrons. The first-order valence-electron chi connectivity index (χ1n) is 4.01.